The van der Waals surface area contributed by atoms with E-state index in [9.17, 15) is 4.79 Å². The van der Waals surface area contributed by atoms with Crippen molar-refractivity contribution >= 4 is 11.6 Å². The Hall–Kier alpha value is -2.53. The zero-order chi connectivity index (χ0) is 16.5. The van der Waals surface area contributed by atoms with Gasteiger partial charge in [-0.25, -0.2) is 0 Å². The first-order chi connectivity index (χ1) is 11.8. The Morgan fingerprint density at radius 2 is 2.29 bits per heavy atom. The zero-order valence-corrected chi connectivity index (χ0v) is 13.4. The second-order valence-electron chi connectivity index (χ2n) is 6.32. The summed E-state index contributed by atoms with van der Waals surface area (Å²) in [5.74, 6) is 1.31. The molecule has 1 aromatic heterocycles. The maximum atomic E-state index is 12.2. The second-order valence-corrected chi connectivity index (χ2v) is 6.32. The summed E-state index contributed by atoms with van der Waals surface area (Å²) in [6.45, 7) is 5.07. The third-order valence-electron chi connectivity index (χ3n) is 4.91. The molecule has 3 heterocycles. The summed E-state index contributed by atoms with van der Waals surface area (Å²) < 4.78 is 5.64. The van der Waals surface area contributed by atoms with Gasteiger partial charge in [0.2, 0.25) is 0 Å². The van der Waals surface area contributed by atoms with Gasteiger partial charge in [0.25, 0.3) is 5.91 Å². The minimum atomic E-state index is -0.0691. The van der Waals surface area contributed by atoms with Gasteiger partial charge in [0, 0.05) is 29.8 Å². The molecule has 3 atom stereocenters. The Balaban J connectivity index is 1.67. The van der Waals surface area contributed by atoms with Crippen LogP contribution < -0.4 is 16.0 Å². The van der Waals surface area contributed by atoms with E-state index < -0.39 is 0 Å². The molecule has 2 aliphatic heterocycles. The van der Waals surface area contributed by atoms with Crippen LogP contribution in [0, 0.1) is 5.92 Å². The highest BCUT2D eigenvalue weighted by atomic mass is 16.3. The summed E-state index contributed by atoms with van der Waals surface area (Å²) in [4.78, 5) is 12.2. The molecule has 0 bridgehead atoms. The molecule has 1 aromatic carbocycles. The molecule has 24 heavy (non-hydrogen) atoms. The number of carbonyl (C=O) groups excluding carboxylic acids is 1. The van der Waals surface area contributed by atoms with Gasteiger partial charge >= 0.3 is 0 Å². The molecule has 0 aliphatic carbocycles. The Labute approximate surface area is 141 Å². The van der Waals surface area contributed by atoms with E-state index in [0.29, 0.717) is 18.0 Å². The zero-order valence-electron chi connectivity index (χ0n) is 13.4. The van der Waals surface area contributed by atoms with Crippen LogP contribution in [0.25, 0.3) is 0 Å². The fourth-order valence-corrected chi connectivity index (χ4v) is 3.81. The van der Waals surface area contributed by atoms with Crippen LogP contribution in [-0.2, 0) is 0 Å². The minimum absolute atomic E-state index is 0.0691. The monoisotopic (exact) mass is 323 g/mol. The number of carbonyl (C=O) groups is 1. The van der Waals surface area contributed by atoms with E-state index in [-0.39, 0.29) is 18.0 Å². The van der Waals surface area contributed by atoms with Crippen molar-refractivity contribution in [3.63, 3.8) is 0 Å². The van der Waals surface area contributed by atoms with Crippen molar-refractivity contribution in [3.05, 3.63) is 66.1 Å². The first kappa shape index (κ1) is 15.0. The topological polar surface area (TPSA) is 66.3 Å². The average molecular weight is 323 g/mol. The molecule has 1 saturated heterocycles. The van der Waals surface area contributed by atoms with Gasteiger partial charge in [0.15, 0.2) is 0 Å². The van der Waals surface area contributed by atoms with Crippen LogP contribution in [0.4, 0.5) is 5.69 Å². The molecular weight excluding hydrogens is 302 g/mol. The van der Waals surface area contributed by atoms with Gasteiger partial charge in [-0.15, -0.1) is 6.58 Å². The van der Waals surface area contributed by atoms with Gasteiger partial charge in [0.1, 0.15) is 5.76 Å². The first-order valence-electron chi connectivity index (χ1n) is 8.34. The molecule has 0 saturated carbocycles. The maximum absolute atomic E-state index is 12.2. The molecule has 2 aliphatic rings. The lowest BCUT2D eigenvalue weighted by atomic mass is 9.82. The lowest BCUT2D eigenvalue weighted by Gasteiger charge is -2.36. The van der Waals surface area contributed by atoms with E-state index in [1.54, 1.807) is 12.3 Å². The van der Waals surface area contributed by atoms with Crippen LogP contribution in [0.1, 0.15) is 40.2 Å². The Kier molecular flexibility index (Phi) is 3.86. The van der Waals surface area contributed by atoms with Gasteiger partial charge < -0.3 is 20.4 Å². The van der Waals surface area contributed by atoms with Crippen LogP contribution in [0.5, 0.6) is 0 Å². The Bertz CT molecular complexity index is 754. The van der Waals surface area contributed by atoms with Crippen LogP contribution in [0.15, 0.2) is 53.7 Å². The number of hydrogen-bond acceptors (Lipinski definition) is 4. The van der Waals surface area contributed by atoms with E-state index in [1.807, 2.05) is 30.3 Å². The van der Waals surface area contributed by atoms with Crippen molar-refractivity contribution in [2.75, 3.05) is 18.4 Å². The molecule has 0 radical (unpaired) electrons. The molecule has 4 rings (SSSR count). The predicted molar refractivity (Wildman–Crippen MR) is 92.9 cm³/mol. The standard InChI is InChI=1S/C19H21N3O2/c1-2-8-21-19(23)12-5-6-15-14(11-12)17-13(7-9-20-17)18(22-15)16-4-3-10-24-16/h2-6,10-11,13,17-18,20,22H,1,7-9H2,(H,21,23). The Morgan fingerprint density at radius 1 is 1.38 bits per heavy atom. The first-order valence-corrected chi connectivity index (χ1v) is 8.34. The van der Waals surface area contributed by atoms with Crippen LogP contribution in [0.3, 0.4) is 0 Å². The highest BCUT2D eigenvalue weighted by Gasteiger charge is 2.41. The minimum Gasteiger partial charge on any atom is -0.467 e. The summed E-state index contributed by atoms with van der Waals surface area (Å²) in [5.41, 5.74) is 2.90. The molecule has 124 valence electrons. The van der Waals surface area contributed by atoms with Gasteiger partial charge in [-0.2, -0.15) is 0 Å². The summed E-state index contributed by atoms with van der Waals surface area (Å²) >= 11 is 0. The van der Waals surface area contributed by atoms with Gasteiger partial charge in [0.05, 0.1) is 12.3 Å². The lowest BCUT2D eigenvalue weighted by Crippen LogP contribution is -2.32. The van der Waals surface area contributed by atoms with E-state index in [2.05, 4.69) is 22.5 Å². The van der Waals surface area contributed by atoms with E-state index >= 15 is 0 Å². The van der Waals surface area contributed by atoms with E-state index in [4.69, 9.17) is 4.42 Å². The van der Waals surface area contributed by atoms with Crippen molar-refractivity contribution in [1.82, 2.24) is 10.6 Å². The van der Waals surface area contributed by atoms with Crippen molar-refractivity contribution < 1.29 is 9.21 Å². The fraction of sp³-hybridized carbons (Fsp3) is 0.316. The number of hydrogen-bond donors (Lipinski definition) is 3. The van der Waals surface area contributed by atoms with Crippen LogP contribution in [0.2, 0.25) is 0 Å². The smallest absolute Gasteiger partial charge is 0.251 e. The van der Waals surface area contributed by atoms with Gasteiger partial charge in [-0.05, 0) is 48.9 Å². The molecule has 0 spiro atoms. The molecule has 3 unspecified atom stereocenters. The summed E-state index contributed by atoms with van der Waals surface area (Å²) in [7, 11) is 0. The fourth-order valence-electron chi connectivity index (χ4n) is 3.81. The van der Waals surface area contributed by atoms with Gasteiger partial charge in [-0.3, -0.25) is 4.79 Å². The molecule has 2 aromatic rings. The molecule has 3 N–H and O–H groups in total. The molecule has 5 heteroatoms. The van der Waals surface area contributed by atoms with Crippen molar-refractivity contribution in [2.24, 2.45) is 5.92 Å². The average Bonchev–Trinajstić information content (AvgIpc) is 3.30. The third-order valence-corrected chi connectivity index (χ3v) is 4.91. The van der Waals surface area contributed by atoms with Crippen LogP contribution in [-0.4, -0.2) is 19.0 Å². The largest absolute Gasteiger partial charge is 0.467 e. The number of benzene rings is 1. The Morgan fingerprint density at radius 3 is 3.08 bits per heavy atom. The lowest BCUT2D eigenvalue weighted by molar-refractivity contribution is 0.0958. The van der Waals surface area contributed by atoms with Gasteiger partial charge in [-0.1, -0.05) is 6.08 Å². The molecular formula is C19H21N3O2. The highest BCUT2D eigenvalue weighted by Crippen LogP contribution is 2.47. The number of nitrogens with one attached hydrogen (secondary N) is 3. The summed E-state index contributed by atoms with van der Waals surface area (Å²) in [5, 5.41) is 10.0. The van der Waals surface area contributed by atoms with Crippen LogP contribution >= 0.6 is 0 Å². The van der Waals surface area contributed by atoms with E-state index in [0.717, 1.165) is 30.0 Å². The van der Waals surface area contributed by atoms with Crippen molar-refractivity contribution in [2.45, 2.75) is 18.5 Å². The molecule has 1 amide bonds. The number of anilines is 1. The normalized spacial score (nSPS) is 24.6. The number of fused-ring (bicyclic) bond motifs is 3. The number of rotatable bonds is 4. The van der Waals surface area contributed by atoms with Crippen molar-refractivity contribution in [1.29, 1.82) is 0 Å². The highest BCUT2D eigenvalue weighted by molar-refractivity contribution is 5.95. The summed E-state index contributed by atoms with van der Waals surface area (Å²) in [6.07, 6.45) is 4.48. The molecule has 1 fully saturated rings. The predicted octanol–water partition coefficient (Wildman–Crippen LogP) is 3.01. The van der Waals surface area contributed by atoms with E-state index in [1.165, 1.54) is 0 Å². The SMILES string of the molecule is C=CCNC(=O)c1ccc2c(c1)C1NCCC1C(c1ccco1)N2. The molecule has 5 nitrogen and oxygen atoms in total. The van der Waals surface area contributed by atoms with Crippen molar-refractivity contribution in [3.8, 4) is 0 Å². The second kappa shape index (κ2) is 6.17. The number of amides is 1. The third kappa shape index (κ3) is 2.51. The summed E-state index contributed by atoms with van der Waals surface area (Å²) in [6, 6.07) is 10.2. The number of furan rings is 1. The maximum Gasteiger partial charge on any atom is 0.251 e. The quantitative estimate of drug-likeness (QED) is 0.757.